The standard InChI is InChI=1S/C24H24Cl2N2O4S/c1-4-32-23-10-7-17(24(29)27-21-13-19(25)12-20(26)14-21)11-18(23)15-28(3)33(30,31)22-8-5-16(2)6-9-22/h5-14H,4,15H2,1-3H3,(H,27,29). The number of sulfonamides is 1. The molecule has 0 spiro atoms. The lowest BCUT2D eigenvalue weighted by atomic mass is 10.1. The number of anilines is 1. The third-order valence-corrected chi connectivity index (χ3v) is 7.12. The number of aryl methyl sites for hydroxylation is 1. The molecule has 0 unspecified atom stereocenters. The highest BCUT2D eigenvalue weighted by molar-refractivity contribution is 7.89. The lowest BCUT2D eigenvalue weighted by Gasteiger charge is -2.20. The van der Waals surface area contributed by atoms with Crippen molar-refractivity contribution in [2.75, 3.05) is 19.0 Å². The van der Waals surface area contributed by atoms with E-state index in [0.29, 0.717) is 39.2 Å². The first-order chi connectivity index (χ1) is 15.6. The SMILES string of the molecule is CCOc1ccc(C(=O)Nc2cc(Cl)cc(Cl)c2)cc1CN(C)S(=O)(=O)c1ccc(C)cc1. The fraction of sp³-hybridized carbons (Fsp3) is 0.208. The minimum atomic E-state index is -3.73. The summed E-state index contributed by atoms with van der Waals surface area (Å²) in [7, 11) is -2.24. The van der Waals surface area contributed by atoms with Gasteiger partial charge in [-0.3, -0.25) is 4.79 Å². The highest BCUT2D eigenvalue weighted by Gasteiger charge is 2.23. The second kappa shape index (κ2) is 10.6. The molecule has 3 aromatic carbocycles. The first-order valence-electron chi connectivity index (χ1n) is 10.2. The molecule has 0 atom stereocenters. The minimum Gasteiger partial charge on any atom is -0.494 e. The molecule has 0 heterocycles. The van der Waals surface area contributed by atoms with Crippen molar-refractivity contribution in [2.45, 2.75) is 25.3 Å². The molecule has 3 aromatic rings. The summed E-state index contributed by atoms with van der Waals surface area (Å²) in [6.07, 6.45) is 0. The molecule has 0 radical (unpaired) electrons. The summed E-state index contributed by atoms with van der Waals surface area (Å²) >= 11 is 12.0. The van der Waals surface area contributed by atoms with Crippen molar-refractivity contribution in [2.24, 2.45) is 0 Å². The number of carbonyl (C=O) groups is 1. The quantitative estimate of drug-likeness (QED) is 0.420. The van der Waals surface area contributed by atoms with Gasteiger partial charge in [0.1, 0.15) is 5.75 Å². The van der Waals surface area contributed by atoms with Crippen molar-refractivity contribution < 1.29 is 17.9 Å². The summed E-state index contributed by atoms with van der Waals surface area (Å²) in [5.74, 6) is 0.118. The molecule has 33 heavy (non-hydrogen) atoms. The van der Waals surface area contributed by atoms with Crippen LogP contribution in [0.5, 0.6) is 5.75 Å². The van der Waals surface area contributed by atoms with E-state index in [0.717, 1.165) is 5.56 Å². The van der Waals surface area contributed by atoms with E-state index in [4.69, 9.17) is 27.9 Å². The van der Waals surface area contributed by atoms with Gasteiger partial charge in [-0.2, -0.15) is 4.31 Å². The number of rotatable bonds is 8. The number of benzene rings is 3. The van der Waals surface area contributed by atoms with Gasteiger partial charge in [-0.1, -0.05) is 40.9 Å². The Bertz CT molecular complexity index is 1240. The molecule has 0 aliphatic carbocycles. The monoisotopic (exact) mass is 506 g/mol. The number of amides is 1. The number of hydrogen-bond donors (Lipinski definition) is 1. The third-order valence-electron chi connectivity index (χ3n) is 4.87. The predicted molar refractivity (Wildman–Crippen MR) is 132 cm³/mol. The Morgan fingerprint density at radius 2 is 1.64 bits per heavy atom. The molecule has 0 aliphatic rings. The zero-order valence-corrected chi connectivity index (χ0v) is 20.8. The van der Waals surface area contributed by atoms with E-state index < -0.39 is 10.0 Å². The summed E-state index contributed by atoms with van der Waals surface area (Å²) in [6, 6.07) is 16.3. The zero-order chi connectivity index (χ0) is 24.2. The van der Waals surface area contributed by atoms with Crippen molar-refractivity contribution in [1.29, 1.82) is 0 Å². The number of carbonyl (C=O) groups excluding carboxylic acids is 1. The maximum atomic E-state index is 13.0. The van der Waals surface area contributed by atoms with Crippen molar-refractivity contribution in [3.8, 4) is 5.75 Å². The lowest BCUT2D eigenvalue weighted by molar-refractivity contribution is 0.102. The van der Waals surface area contributed by atoms with Crippen LogP contribution in [0.25, 0.3) is 0 Å². The van der Waals surface area contributed by atoms with Crippen molar-refractivity contribution in [3.63, 3.8) is 0 Å². The minimum absolute atomic E-state index is 0.0235. The molecular weight excluding hydrogens is 483 g/mol. The maximum Gasteiger partial charge on any atom is 0.255 e. The van der Waals surface area contributed by atoms with Crippen molar-refractivity contribution in [1.82, 2.24) is 4.31 Å². The summed E-state index contributed by atoms with van der Waals surface area (Å²) < 4.78 is 32.9. The molecule has 6 nitrogen and oxygen atoms in total. The first kappa shape index (κ1) is 25.1. The smallest absolute Gasteiger partial charge is 0.255 e. The molecule has 0 bridgehead atoms. The van der Waals surface area contributed by atoms with E-state index >= 15 is 0 Å². The number of halogens is 2. The van der Waals surface area contributed by atoms with Crippen LogP contribution in [-0.4, -0.2) is 32.3 Å². The third kappa shape index (κ3) is 6.26. The van der Waals surface area contributed by atoms with E-state index in [1.807, 2.05) is 13.8 Å². The Hall–Kier alpha value is -2.58. The number of ether oxygens (including phenoxy) is 1. The molecule has 0 saturated heterocycles. The van der Waals surface area contributed by atoms with E-state index in [1.54, 1.807) is 60.7 Å². The van der Waals surface area contributed by atoms with Gasteiger partial charge in [-0.05, 0) is 62.4 Å². The van der Waals surface area contributed by atoms with Gasteiger partial charge in [0.05, 0.1) is 11.5 Å². The molecule has 0 saturated carbocycles. The molecule has 0 fully saturated rings. The maximum absolute atomic E-state index is 13.0. The summed E-state index contributed by atoms with van der Waals surface area (Å²) in [6.45, 7) is 4.14. The molecule has 1 N–H and O–H groups in total. The molecule has 174 valence electrons. The second-order valence-corrected chi connectivity index (χ2v) is 10.4. The lowest BCUT2D eigenvalue weighted by Crippen LogP contribution is -2.27. The van der Waals surface area contributed by atoms with Gasteiger partial charge in [-0.15, -0.1) is 0 Å². The van der Waals surface area contributed by atoms with Crippen molar-refractivity contribution in [3.05, 3.63) is 87.4 Å². The Labute approximate surface area is 204 Å². The first-order valence-corrected chi connectivity index (χ1v) is 12.4. The van der Waals surface area contributed by atoms with Crippen LogP contribution in [-0.2, 0) is 16.6 Å². The zero-order valence-electron chi connectivity index (χ0n) is 18.4. The van der Waals surface area contributed by atoms with E-state index in [1.165, 1.54) is 11.4 Å². The predicted octanol–water partition coefficient (Wildman–Crippen LogP) is 5.77. The fourth-order valence-corrected chi connectivity index (χ4v) is 4.86. The number of nitrogens with one attached hydrogen (secondary N) is 1. The van der Waals surface area contributed by atoms with Gasteiger partial charge in [0.25, 0.3) is 5.91 Å². The van der Waals surface area contributed by atoms with E-state index in [9.17, 15) is 13.2 Å². The molecular formula is C24H24Cl2N2O4S. The molecule has 0 aromatic heterocycles. The summed E-state index contributed by atoms with van der Waals surface area (Å²) in [5.41, 5.74) is 2.32. The largest absolute Gasteiger partial charge is 0.494 e. The van der Waals surface area contributed by atoms with Crippen LogP contribution >= 0.6 is 23.2 Å². The molecule has 3 rings (SSSR count). The van der Waals surface area contributed by atoms with Gasteiger partial charge < -0.3 is 10.1 Å². The Kier molecular flexibility index (Phi) is 8.02. The van der Waals surface area contributed by atoms with Gasteiger partial charge >= 0.3 is 0 Å². The van der Waals surface area contributed by atoms with Crippen LogP contribution in [0.15, 0.2) is 65.6 Å². The van der Waals surface area contributed by atoms with E-state index in [-0.39, 0.29) is 17.3 Å². The van der Waals surface area contributed by atoms with Crippen molar-refractivity contribution >= 4 is 44.8 Å². The summed E-state index contributed by atoms with van der Waals surface area (Å²) in [5, 5.41) is 3.55. The topological polar surface area (TPSA) is 75.7 Å². The highest BCUT2D eigenvalue weighted by Crippen LogP contribution is 2.26. The highest BCUT2D eigenvalue weighted by atomic mass is 35.5. The average molecular weight is 507 g/mol. The van der Waals surface area contributed by atoms with Crippen LogP contribution in [0.4, 0.5) is 5.69 Å². The number of nitrogens with zero attached hydrogens (tertiary/aromatic N) is 1. The molecule has 9 heteroatoms. The Morgan fingerprint density at radius 1 is 1.00 bits per heavy atom. The molecule has 0 aliphatic heterocycles. The normalized spacial score (nSPS) is 11.5. The second-order valence-electron chi connectivity index (χ2n) is 7.44. The van der Waals surface area contributed by atoms with Gasteiger partial charge in [-0.25, -0.2) is 8.42 Å². The Balaban J connectivity index is 1.88. The fourth-order valence-electron chi connectivity index (χ4n) is 3.18. The van der Waals surface area contributed by atoms with Gasteiger partial charge in [0.2, 0.25) is 10.0 Å². The van der Waals surface area contributed by atoms with E-state index in [2.05, 4.69) is 5.32 Å². The number of hydrogen-bond acceptors (Lipinski definition) is 4. The van der Waals surface area contributed by atoms with Gasteiger partial charge in [0, 0.05) is 40.5 Å². The van der Waals surface area contributed by atoms with Gasteiger partial charge in [0.15, 0.2) is 0 Å². The van der Waals surface area contributed by atoms with Crippen LogP contribution in [0, 0.1) is 6.92 Å². The molecule has 1 amide bonds. The van der Waals surface area contributed by atoms with Crippen LogP contribution in [0.1, 0.15) is 28.4 Å². The Morgan fingerprint density at radius 3 is 2.24 bits per heavy atom. The van der Waals surface area contributed by atoms with Crippen LogP contribution in [0.3, 0.4) is 0 Å². The average Bonchev–Trinajstić information content (AvgIpc) is 2.74. The van der Waals surface area contributed by atoms with Crippen LogP contribution in [0.2, 0.25) is 10.0 Å². The van der Waals surface area contributed by atoms with Crippen LogP contribution < -0.4 is 10.1 Å². The summed E-state index contributed by atoms with van der Waals surface area (Å²) in [4.78, 5) is 13.0.